The molecule has 23 heavy (non-hydrogen) atoms. The van der Waals surface area contributed by atoms with Gasteiger partial charge in [-0.15, -0.1) is 11.3 Å². The molecule has 0 aliphatic heterocycles. The minimum atomic E-state index is -4.43. The molecule has 0 fully saturated rings. The maximum absolute atomic E-state index is 12.9. The van der Waals surface area contributed by atoms with E-state index < -0.39 is 11.7 Å². The molecule has 6 heteroatoms. The molecule has 1 aromatic heterocycles. The van der Waals surface area contributed by atoms with Gasteiger partial charge < -0.3 is 5.32 Å². The zero-order chi connectivity index (χ0) is 16.6. The molecule has 1 unspecified atom stereocenters. The lowest BCUT2D eigenvalue weighted by atomic mass is 9.97. The molecule has 1 aromatic carbocycles. The van der Waals surface area contributed by atoms with Crippen LogP contribution in [0, 0.1) is 0 Å². The predicted octanol–water partition coefficient (Wildman–Crippen LogP) is 4.45. The summed E-state index contributed by atoms with van der Waals surface area (Å²) >= 11 is 1.49. The van der Waals surface area contributed by atoms with Crippen LogP contribution in [0.5, 0.6) is 0 Å². The Kier molecular flexibility index (Phi) is 4.02. The van der Waals surface area contributed by atoms with Gasteiger partial charge in [0.15, 0.2) is 5.78 Å². The van der Waals surface area contributed by atoms with E-state index in [4.69, 9.17) is 0 Å². The van der Waals surface area contributed by atoms with Crippen molar-refractivity contribution < 1.29 is 18.0 Å². The van der Waals surface area contributed by atoms with Crippen molar-refractivity contribution in [3.8, 4) is 0 Å². The number of carbonyl (C=O) groups excluding carboxylic acids is 1. The molecule has 1 aliphatic rings. The van der Waals surface area contributed by atoms with Gasteiger partial charge in [0.05, 0.1) is 11.5 Å². The fourth-order valence-corrected chi connectivity index (χ4v) is 3.66. The standard InChI is InChI=1S/C17H14F3NOS/c1-21-13-9-12(14-6-3-7-23-14)16(22)15(13)10-4-2-5-11(8-10)17(18,19)20/h2-8,12,21H,9H2,1H3. The predicted molar refractivity (Wildman–Crippen MR) is 84.1 cm³/mol. The number of thiophene rings is 1. The molecule has 0 bridgehead atoms. The SMILES string of the molecule is CNC1=C(c2cccc(C(F)(F)F)c2)C(=O)C(c2cccs2)C1. The van der Waals surface area contributed by atoms with Crippen LogP contribution in [-0.4, -0.2) is 12.8 Å². The molecule has 0 saturated heterocycles. The Hall–Kier alpha value is -2.08. The number of hydrogen-bond acceptors (Lipinski definition) is 3. The second-order valence-electron chi connectivity index (χ2n) is 5.32. The van der Waals surface area contributed by atoms with Crippen LogP contribution in [0.15, 0.2) is 47.5 Å². The van der Waals surface area contributed by atoms with Gasteiger partial charge >= 0.3 is 6.18 Å². The van der Waals surface area contributed by atoms with Crippen molar-refractivity contribution in [1.82, 2.24) is 5.32 Å². The third-order valence-corrected chi connectivity index (χ3v) is 4.93. The summed E-state index contributed by atoms with van der Waals surface area (Å²) in [5, 5.41) is 4.87. The van der Waals surface area contributed by atoms with Gasteiger partial charge in [-0.3, -0.25) is 4.79 Å². The first kappa shape index (κ1) is 15.8. The van der Waals surface area contributed by atoms with Gasteiger partial charge in [0, 0.05) is 29.6 Å². The zero-order valence-electron chi connectivity index (χ0n) is 12.3. The summed E-state index contributed by atoms with van der Waals surface area (Å²) in [5.74, 6) is -0.446. The van der Waals surface area contributed by atoms with Crippen LogP contribution in [0.2, 0.25) is 0 Å². The number of ketones is 1. The second kappa shape index (κ2) is 5.85. The summed E-state index contributed by atoms with van der Waals surface area (Å²) in [7, 11) is 1.69. The van der Waals surface area contributed by atoms with Gasteiger partial charge in [-0.05, 0) is 29.1 Å². The number of benzene rings is 1. The zero-order valence-corrected chi connectivity index (χ0v) is 13.1. The van der Waals surface area contributed by atoms with Gasteiger partial charge in [-0.2, -0.15) is 13.2 Å². The van der Waals surface area contributed by atoms with Crippen molar-refractivity contribution in [1.29, 1.82) is 0 Å². The average molecular weight is 337 g/mol. The Labute approximate surface area is 135 Å². The average Bonchev–Trinajstić information content (AvgIpc) is 3.13. The highest BCUT2D eigenvalue weighted by atomic mass is 32.1. The lowest BCUT2D eigenvalue weighted by Gasteiger charge is -2.11. The molecule has 0 radical (unpaired) electrons. The molecule has 3 rings (SSSR count). The van der Waals surface area contributed by atoms with Crippen molar-refractivity contribution in [3.63, 3.8) is 0 Å². The van der Waals surface area contributed by atoms with E-state index in [0.29, 0.717) is 23.3 Å². The van der Waals surface area contributed by atoms with Gasteiger partial charge in [0.25, 0.3) is 0 Å². The second-order valence-corrected chi connectivity index (χ2v) is 6.30. The van der Waals surface area contributed by atoms with Crippen molar-refractivity contribution in [3.05, 3.63) is 63.5 Å². The highest BCUT2D eigenvalue weighted by molar-refractivity contribution is 7.10. The first-order valence-corrected chi connectivity index (χ1v) is 7.96. The normalized spacial score (nSPS) is 18.6. The summed E-state index contributed by atoms with van der Waals surface area (Å²) in [4.78, 5) is 13.7. The van der Waals surface area contributed by atoms with E-state index >= 15 is 0 Å². The molecule has 0 saturated carbocycles. The summed E-state index contributed by atoms with van der Waals surface area (Å²) in [6.07, 6.45) is -3.94. The number of allylic oxidation sites excluding steroid dienone is 2. The van der Waals surface area contributed by atoms with E-state index in [1.54, 1.807) is 13.1 Å². The maximum atomic E-state index is 12.9. The molecule has 1 atom stereocenters. The molecular formula is C17H14F3NOS. The summed E-state index contributed by atoms with van der Waals surface area (Å²) in [6.45, 7) is 0. The smallest absolute Gasteiger partial charge is 0.391 e. The molecule has 1 heterocycles. The summed E-state index contributed by atoms with van der Waals surface area (Å²) in [5.41, 5.74) is 0.614. The molecule has 0 amide bonds. The van der Waals surface area contributed by atoms with Gasteiger partial charge in [-0.1, -0.05) is 18.2 Å². The highest BCUT2D eigenvalue weighted by Crippen LogP contribution is 2.41. The Morgan fingerprint density at radius 1 is 1.22 bits per heavy atom. The lowest BCUT2D eigenvalue weighted by Crippen LogP contribution is -2.09. The Bertz CT molecular complexity index is 762. The Morgan fingerprint density at radius 3 is 2.61 bits per heavy atom. The van der Waals surface area contributed by atoms with E-state index in [-0.39, 0.29) is 11.7 Å². The Morgan fingerprint density at radius 2 is 2.00 bits per heavy atom. The topological polar surface area (TPSA) is 29.1 Å². The van der Waals surface area contributed by atoms with Crippen molar-refractivity contribution in [2.24, 2.45) is 0 Å². The fraction of sp³-hybridized carbons (Fsp3) is 0.235. The minimum Gasteiger partial charge on any atom is -0.391 e. The largest absolute Gasteiger partial charge is 0.416 e. The fourth-order valence-electron chi connectivity index (χ4n) is 2.84. The first-order valence-electron chi connectivity index (χ1n) is 7.08. The van der Waals surface area contributed by atoms with Crippen LogP contribution in [-0.2, 0) is 11.0 Å². The number of halogens is 3. The number of Topliss-reactive ketones (excluding diaryl/α,β-unsaturated/α-hetero) is 1. The van der Waals surface area contributed by atoms with E-state index in [9.17, 15) is 18.0 Å². The number of nitrogens with one attached hydrogen (secondary N) is 1. The van der Waals surface area contributed by atoms with Crippen LogP contribution in [0.1, 0.15) is 28.3 Å². The monoisotopic (exact) mass is 337 g/mol. The summed E-state index contributed by atoms with van der Waals surface area (Å²) in [6, 6.07) is 8.70. The molecule has 0 spiro atoms. The van der Waals surface area contributed by atoms with Crippen LogP contribution >= 0.6 is 11.3 Å². The molecule has 1 aliphatic carbocycles. The first-order chi connectivity index (χ1) is 10.9. The van der Waals surface area contributed by atoms with Crippen LogP contribution < -0.4 is 5.32 Å². The number of hydrogen-bond donors (Lipinski definition) is 1. The van der Waals surface area contributed by atoms with E-state index in [1.165, 1.54) is 17.4 Å². The van der Waals surface area contributed by atoms with E-state index in [2.05, 4.69) is 5.32 Å². The Balaban J connectivity index is 2.02. The molecule has 1 N–H and O–H groups in total. The van der Waals surface area contributed by atoms with Crippen molar-refractivity contribution in [2.75, 3.05) is 7.05 Å². The third kappa shape index (κ3) is 2.91. The van der Waals surface area contributed by atoms with Crippen molar-refractivity contribution in [2.45, 2.75) is 18.5 Å². The molecule has 120 valence electrons. The van der Waals surface area contributed by atoms with Crippen LogP contribution in [0.4, 0.5) is 13.2 Å². The van der Waals surface area contributed by atoms with Gasteiger partial charge in [0.1, 0.15) is 0 Å². The quantitative estimate of drug-likeness (QED) is 0.896. The van der Waals surface area contributed by atoms with E-state index in [1.807, 2.05) is 17.5 Å². The summed E-state index contributed by atoms with van der Waals surface area (Å²) < 4.78 is 38.7. The third-order valence-electron chi connectivity index (χ3n) is 3.94. The van der Waals surface area contributed by atoms with Crippen molar-refractivity contribution >= 4 is 22.7 Å². The number of carbonyl (C=O) groups is 1. The maximum Gasteiger partial charge on any atom is 0.416 e. The molecular weight excluding hydrogens is 323 g/mol. The van der Waals surface area contributed by atoms with Gasteiger partial charge in [-0.25, -0.2) is 0 Å². The minimum absolute atomic E-state index is 0.129. The highest BCUT2D eigenvalue weighted by Gasteiger charge is 2.36. The lowest BCUT2D eigenvalue weighted by molar-refractivity contribution is -0.137. The van der Waals surface area contributed by atoms with Gasteiger partial charge in [0.2, 0.25) is 0 Å². The number of alkyl halides is 3. The van der Waals surface area contributed by atoms with Crippen LogP contribution in [0.25, 0.3) is 5.57 Å². The van der Waals surface area contributed by atoms with E-state index in [0.717, 1.165) is 17.0 Å². The molecule has 2 nitrogen and oxygen atoms in total. The molecule has 2 aromatic rings. The number of rotatable bonds is 3. The van der Waals surface area contributed by atoms with Crippen LogP contribution in [0.3, 0.4) is 0 Å².